The SMILES string of the molecule is CN(C)C(=O)c1[nH]c2cc(OCc3ccc(F)cc3)ccc2c1C(=O)C1CSN(c2cccnc2)C1. The monoisotopic (exact) mass is 504 g/mol. The van der Waals surface area contributed by atoms with Gasteiger partial charge in [-0.2, -0.15) is 0 Å². The number of ether oxygens (including phenoxy) is 1. The zero-order valence-corrected chi connectivity index (χ0v) is 20.7. The van der Waals surface area contributed by atoms with Gasteiger partial charge in [-0.05, 0) is 53.9 Å². The number of aromatic nitrogens is 2. The quantitative estimate of drug-likeness (QED) is 0.283. The summed E-state index contributed by atoms with van der Waals surface area (Å²) in [5, 5.41) is 0.684. The van der Waals surface area contributed by atoms with Crippen molar-refractivity contribution in [2.24, 2.45) is 5.92 Å². The number of amides is 1. The molecule has 2 aromatic carbocycles. The number of benzene rings is 2. The van der Waals surface area contributed by atoms with E-state index in [1.54, 1.807) is 62.7 Å². The number of Topliss-reactive ketones (excluding diaryl/α,β-unsaturated/α-hetero) is 1. The first-order valence-corrected chi connectivity index (χ1v) is 12.4. The van der Waals surface area contributed by atoms with E-state index in [4.69, 9.17) is 4.74 Å². The summed E-state index contributed by atoms with van der Waals surface area (Å²) >= 11 is 1.59. The van der Waals surface area contributed by atoms with Crippen molar-refractivity contribution in [3.63, 3.8) is 0 Å². The molecule has 7 nitrogen and oxygen atoms in total. The van der Waals surface area contributed by atoms with Crippen molar-refractivity contribution >= 4 is 40.2 Å². The van der Waals surface area contributed by atoms with Crippen LogP contribution in [0.2, 0.25) is 0 Å². The van der Waals surface area contributed by atoms with Gasteiger partial charge in [-0.25, -0.2) is 4.39 Å². The number of nitrogens with one attached hydrogen (secondary N) is 1. The first-order chi connectivity index (χ1) is 17.4. The smallest absolute Gasteiger partial charge is 0.270 e. The van der Waals surface area contributed by atoms with Crippen molar-refractivity contribution in [3.8, 4) is 5.75 Å². The van der Waals surface area contributed by atoms with Crippen LogP contribution in [0.3, 0.4) is 0 Å². The number of rotatable bonds is 7. The summed E-state index contributed by atoms with van der Waals surface area (Å²) in [6, 6.07) is 15.3. The fourth-order valence-corrected chi connectivity index (χ4v) is 5.34. The number of carbonyl (C=O) groups is 2. The van der Waals surface area contributed by atoms with Crippen LogP contribution < -0.4 is 9.04 Å². The van der Waals surface area contributed by atoms with Crippen LogP contribution in [0.5, 0.6) is 5.75 Å². The molecule has 1 aliphatic rings. The third kappa shape index (κ3) is 4.79. The van der Waals surface area contributed by atoms with Gasteiger partial charge in [0.05, 0.1) is 28.9 Å². The lowest BCUT2D eigenvalue weighted by Crippen LogP contribution is -2.27. The number of ketones is 1. The van der Waals surface area contributed by atoms with Gasteiger partial charge in [0, 0.05) is 44.0 Å². The van der Waals surface area contributed by atoms with E-state index in [2.05, 4.69) is 14.3 Å². The minimum atomic E-state index is -0.300. The molecule has 184 valence electrons. The van der Waals surface area contributed by atoms with Crippen LogP contribution in [-0.4, -0.2) is 53.0 Å². The highest BCUT2D eigenvalue weighted by Gasteiger charge is 2.34. The maximum Gasteiger partial charge on any atom is 0.270 e. The third-order valence-corrected chi connectivity index (χ3v) is 7.30. The Balaban J connectivity index is 1.43. The third-order valence-electron chi connectivity index (χ3n) is 6.08. The summed E-state index contributed by atoms with van der Waals surface area (Å²) < 4.78 is 21.1. The summed E-state index contributed by atoms with van der Waals surface area (Å²) in [4.78, 5) is 35.6. The normalized spacial score (nSPS) is 15.3. The number of aromatic amines is 1. The van der Waals surface area contributed by atoms with E-state index in [9.17, 15) is 14.0 Å². The molecule has 0 saturated carbocycles. The van der Waals surface area contributed by atoms with E-state index >= 15 is 0 Å². The second-order valence-electron chi connectivity index (χ2n) is 8.83. The van der Waals surface area contributed by atoms with Gasteiger partial charge in [-0.3, -0.25) is 14.6 Å². The highest BCUT2D eigenvalue weighted by Crippen LogP contribution is 2.35. The average molecular weight is 505 g/mol. The summed E-state index contributed by atoms with van der Waals surface area (Å²) in [5.74, 6) is 0.302. The number of hydrogen-bond donors (Lipinski definition) is 1. The number of anilines is 1. The van der Waals surface area contributed by atoms with Crippen LogP contribution in [0.4, 0.5) is 10.1 Å². The first-order valence-electron chi connectivity index (χ1n) is 11.5. The molecule has 1 fully saturated rings. The van der Waals surface area contributed by atoms with E-state index in [1.165, 1.54) is 17.0 Å². The Morgan fingerprint density at radius 1 is 1.19 bits per heavy atom. The Labute approximate surface area is 212 Å². The molecule has 0 radical (unpaired) electrons. The number of halogens is 1. The van der Waals surface area contributed by atoms with Gasteiger partial charge in [0.1, 0.15) is 23.9 Å². The van der Waals surface area contributed by atoms with Crippen molar-refractivity contribution < 1.29 is 18.7 Å². The number of fused-ring (bicyclic) bond motifs is 1. The van der Waals surface area contributed by atoms with Crippen molar-refractivity contribution in [2.75, 3.05) is 30.7 Å². The lowest BCUT2D eigenvalue weighted by atomic mass is 9.96. The van der Waals surface area contributed by atoms with E-state index in [0.717, 1.165) is 11.3 Å². The largest absolute Gasteiger partial charge is 0.489 e. The Morgan fingerprint density at radius 2 is 2.00 bits per heavy atom. The molecule has 0 bridgehead atoms. The molecule has 1 atom stereocenters. The number of H-pyrrole nitrogens is 1. The molecule has 1 aliphatic heterocycles. The van der Waals surface area contributed by atoms with Gasteiger partial charge in [0.25, 0.3) is 5.91 Å². The molecule has 9 heteroatoms. The Hall–Kier alpha value is -3.85. The van der Waals surface area contributed by atoms with Crippen molar-refractivity contribution in [2.45, 2.75) is 6.61 Å². The molecular formula is C27H25FN4O3S. The van der Waals surface area contributed by atoms with E-state index in [1.807, 2.05) is 18.2 Å². The molecule has 1 saturated heterocycles. The Morgan fingerprint density at radius 3 is 2.72 bits per heavy atom. The molecule has 2 aromatic heterocycles. The number of nitrogens with zero attached hydrogens (tertiary/aromatic N) is 3. The average Bonchev–Trinajstić information content (AvgIpc) is 3.53. The number of pyridine rings is 1. The summed E-state index contributed by atoms with van der Waals surface area (Å²) in [5.41, 5.74) is 3.12. The molecule has 4 aromatic rings. The van der Waals surface area contributed by atoms with E-state index in [-0.39, 0.29) is 35.7 Å². The lowest BCUT2D eigenvalue weighted by Gasteiger charge is -2.16. The van der Waals surface area contributed by atoms with Crippen molar-refractivity contribution in [3.05, 3.63) is 89.6 Å². The van der Waals surface area contributed by atoms with E-state index < -0.39 is 0 Å². The predicted molar refractivity (Wildman–Crippen MR) is 139 cm³/mol. The summed E-state index contributed by atoms with van der Waals surface area (Å²) in [6.45, 7) is 0.807. The van der Waals surface area contributed by atoms with Gasteiger partial charge >= 0.3 is 0 Å². The minimum absolute atomic E-state index is 0.0645. The van der Waals surface area contributed by atoms with Gasteiger partial charge in [0.2, 0.25) is 0 Å². The Bertz CT molecular complexity index is 1410. The van der Waals surface area contributed by atoms with Gasteiger partial charge in [-0.1, -0.05) is 12.1 Å². The molecule has 0 aliphatic carbocycles. The predicted octanol–water partition coefficient (Wildman–Crippen LogP) is 4.95. The zero-order chi connectivity index (χ0) is 25.2. The molecule has 1 N–H and O–H groups in total. The first kappa shape index (κ1) is 23.9. The van der Waals surface area contributed by atoms with Crippen LogP contribution in [0.1, 0.15) is 26.4 Å². The highest BCUT2D eigenvalue weighted by molar-refractivity contribution is 8.00. The van der Waals surface area contributed by atoms with Crippen LogP contribution >= 0.6 is 11.9 Å². The minimum Gasteiger partial charge on any atom is -0.489 e. The fraction of sp³-hybridized carbons (Fsp3) is 0.222. The van der Waals surface area contributed by atoms with Gasteiger partial charge in [-0.15, -0.1) is 0 Å². The molecular weight excluding hydrogens is 479 g/mol. The maximum atomic E-state index is 13.8. The molecule has 3 heterocycles. The molecule has 36 heavy (non-hydrogen) atoms. The molecule has 1 unspecified atom stereocenters. The highest BCUT2D eigenvalue weighted by atomic mass is 32.2. The fourth-order valence-electron chi connectivity index (χ4n) is 4.18. The Kier molecular flexibility index (Phi) is 6.65. The van der Waals surface area contributed by atoms with Crippen LogP contribution in [0, 0.1) is 11.7 Å². The summed E-state index contributed by atoms with van der Waals surface area (Å²) in [7, 11) is 3.32. The standard InChI is InChI=1S/C27H25FN4O3S/c1-31(2)27(34)25-24(26(33)18-14-32(36-16-18)20-4-3-11-29-13-20)22-10-9-21(12-23(22)30-25)35-15-17-5-7-19(28)8-6-17/h3-13,18,30H,14-16H2,1-2H3. The van der Waals surface area contributed by atoms with E-state index in [0.29, 0.717) is 34.5 Å². The lowest BCUT2D eigenvalue weighted by molar-refractivity contribution is 0.0813. The second-order valence-corrected chi connectivity index (χ2v) is 9.86. The van der Waals surface area contributed by atoms with Crippen LogP contribution in [0.15, 0.2) is 67.0 Å². The second kappa shape index (κ2) is 10.0. The van der Waals surface area contributed by atoms with Crippen molar-refractivity contribution in [1.29, 1.82) is 0 Å². The topological polar surface area (TPSA) is 78.5 Å². The number of carbonyl (C=O) groups excluding carboxylic acids is 2. The van der Waals surface area contributed by atoms with Crippen LogP contribution in [-0.2, 0) is 6.61 Å². The summed E-state index contributed by atoms with van der Waals surface area (Å²) in [6.07, 6.45) is 3.50. The molecule has 0 spiro atoms. The van der Waals surface area contributed by atoms with Gasteiger partial charge in [0.15, 0.2) is 5.78 Å². The number of hydrogen-bond acceptors (Lipinski definition) is 6. The maximum absolute atomic E-state index is 13.8. The van der Waals surface area contributed by atoms with Crippen LogP contribution in [0.25, 0.3) is 10.9 Å². The van der Waals surface area contributed by atoms with Crippen molar-refractivity contribution in [1.82, 2.24) is 14.9 Å². The zero-order valence-electron chi connectivity index (χ0n) is 19.9. The molecule has 1 amide bonds. The molecule has 5 rings (SSSR count). The van der Waals surface area contributed by atoms with Gasteiger partial charge < -0.3 is 18.9 Å².